The molecule has 0 fully saturated rings. The minimum atomic E-state index is -0.293. The first kappa shape index (κ1) is 12.6. The van der Waals surface area contributed by atoms with Crippen LogP contribution in [-0.4, -0.2) is 22.6 Å². The average molecular weight is 265 g/mol. The lowest BCUT2D eigenvalue weighted by Gasteiger charge is -2.04. The van der Waals surface area contributed by atoms with Gasteiger partial charge >= 0.3 is 0 Å². The van der Waals surface area contributed by atoms with Gasteiger partial charge in [0.15, 0.2) is 4.77 Å². The minimum Gasteiger partial charge on any atom is -0.497 e. The monoisotopic (exact) mass is 265 g/mol. The third-order valence-corrected chi connectivity index (χ3v) is 3.11. The maximum Gasteiger partial charge on any atom is 0.217 e. The summed E-state index contributed by atoms with van der Waals surface area (Å²) in [6.45, 7) is 0.662. The van der Waals surface area contributed by atoms with Gasteiger partial charge < -0.3 is 20.0 Å². The van der Waals surface area contributed by atoms with E-state index in [9.17, 15) is 4.79 Å². The molecule has 96 valence electrons. The largest absolute Gasteiger partial charge is 0.497 e. The molecule has 0 saturated carbocycles. The average Bonchev–Trinajstić information content (AvgIpc) is 2.64. The van der Waals surface area contributed by atoms with E-state index in [1.165, 1.54) is 0 Å². The number of methoxy groups -OCH3 is 1. The van der Waals surface area contributed by atoms with Crippen LogP contribution in [0.4, 0.5) is 0 Å². The molecule has 1 heterocycles. The highest BCUT2D eigenvalue weighted by molar-refractivity contribution is 7.71. The van der Waals surface area contributed by atoms with E-state index in [0.717, 1.165) is 16.8 Å². The summed E-state index contributed by atoms with van der Waals surface area (Å²) >= 11 is 5.26. The van der Waals surface area contributed by atoms with Crippen molar-refractivity contribution in [2.45, 2.75) is 19.4 Å². The van der Waals surface area contributed by atoms with Crippen LogP contribution in [0, 0.1) is 4.77 Å². The molecular weight excluding hydrogens is 250 g/mol. The van der Waals surface area contributed by atoms with E-state index >= 15 is 0 Å². The van der Waals surface area contributed by atoms with E-state index in [1.54, 1.807) is 7.11 Å². The third-order valence-electron chi connectivity index (χ3n) is 2.79. The molecule has 3 N–H and O–H groups in total. The maximum absolute atomic E-state index is 10.7. The Labute approximate surface area is 110 Å². The van der Waals surface area contributed by atoms with Crippen LogP contribution in [0.3, 0.4) is 0 Å². The highest BCUT2D eigenvalue weighted by atomic mass is 32.1. The van der Waals surface area contributed by atoms with E-state index < -0.39 is 0 Å². The second-order valence-corrected chi connectivity index (χ2v) is 4.42. The first-order valence-corrected chi connectivity index (χ1v) is 6.07. The van der Waals surface area contributed by atoms with Gasteiger partial charge in [-0.3, -0.25) is 4.79 Å². The van der Waals surface area contributed by atoms with Crippen molar-refractivity contribution in [2.24, 2.45) is 5.73 Å². The number of benzene rings is 1. The summed E-state index contributed by atoms with van der Waals surface area (Å²) in [6.07, 6.45) is 1.03. The number of aromatic amines is 1. The predicted molar refractivity (Wildman–Crippen MR) is 72.1 cm³/mol. The first-order valence-electron chi connectivity index (χ1n) is 5.66. The normalized spacial score (nSPS) is 10.7. The minimum absolute atomic E-state index is 0.293. The van der Waals surface area contributed by atoms with Crippen molar-refractivity contribution in [1.29, 1.82) is 0 Å². The van der Waals surface area contributed by atoms with E-state index in [1.807, 2.05) is 22.8 Å². The number of aromatic nitrogens is 2. The molecule has 0 unspecified atom stereocenters. The number of H-pyrrole nitrogens is 1. The number of nitrogens with zero attached hydrogens (tertiary/aromatic N) is 1. The van der Waals surface area contributed by atoms with Crippen molar-refractivity contribution in [1.82, 2.24) is 9.55 Å². The number of nitrogens with one attached hydrogen (secondary N) is 1. The van der Waals surface area contributed by atoms with Crippen molar-refractivity contribution in [3.8, 4) is 5.75 Å². The van der Waals surface area contributed by atoms with E-state index in [0.29, 0.717) is 24.2 Å². The Balaban J connectivity index is 2.33. The zero-order valence-corrected chi connectivity index (χ0v) is 10.9. The molecule has 0 aliphatic rings. The van der Waals surface area contributed by atoms with Gasteiger partial charge in [-0.25, -0.2) is 0 Å². The van der Waals surface area contributed by atoms with Gasteiger partial charge in [-0.05, 0) is 30.8 Å². The number of ether oxygens (including phenoxy) is 1. The highest BCUT2D eigenvalue weighted by Crippen LogP contribution is 2.21. The molecular formula is C12H15N3O2S. The van der Waals surface area contributed by atoms with Gasteiger partial charge in [0.25, 0.3) is 0 Å². The molecule has 5 nitrogen and oxygen atoms in total. The van der Waals surface area contributed by atoms with Crippen LogP contribution in [0.15, 0.2) is 18.2 Å². The fourth-order valence-electron chi connectivity index (χ4n) is 1.89. The van der Waals surface area contributed by atoms with Gasteiger partial charge in [0.1, 0.15) is 5.75 Å². The van der Waals surface area contributed by atoms with Crippen molar-refractivity contribution in [3.63, 3.8) is 0 Å². The number of fused-ring (bicyclic) bond motifs is 1. The number of rotatable bonds is 5. The van der Waals surface area contributed by atoms with Crippen LogP contribution in [0.5, 0.6) is 5.75 Å². The molecule has 0 bridgehead atoms. The predicted octanol–water partition coefficient (Wildman–Crippen LogP) is 1.97. The molecule has 0 aliphatic carbocycles. The third kappa shape index (κ3) is 2.53. The van der Waals surface area contributed by atoms with Crippen molar-refractivity contribution in [3.05, 3.63) is 23.0 Å². The lowest BCUT2D eigenvalue weighted by Crippen LogP contribution is -2.11. The Morgan fingerprint density at radius 3 is 3.00 bits per heavy atom. The second-order valence-electron chi connectivity index (χ2n) is 4.03. The summed E-state index contributed by atoms with van der Waals surface area (Å²) in [4.78, 5) is 13.9. The SMILES string of the molecule is COc1ccc2[nH]c(=S)n(CCCC(N)=O)c2c1. The number of aryl methyl sites for hydroxylation is 1. The van der Waals surface area contributed by atoms with E-state index in [4.69, 9.17) is 22.7 Å². The quantitative estimate of drug-likeness (QED) is 0.812. The smallest absolute Gasteiger partial charge is 0.217 e. The Morgan fingerprint density at radius 1 is 1.56 bits per heavy atom. The second kappa shape index (κ2) is 5.22. The molecule has 18 heavy (non-hydrogen) atoms. The van der Waals surface area contributed by atoms with Crippen LogP contribution in [0.2, 0.25) is 0 Å². The van der Waals surface area contributed by atoms with E-state index in [2.05, 4.69) is 4.98 Å². The molecule has 0 saturated heterocycles. The summed E-state index contributed by atoms with van der Waals surface area (Å²) in [5.41, 5.74) is 7.06. The Bertz CT molecular complexity index is 630. The molecule has 0 radical (unpaired) electrons. The van der Waals surface area contributed by atoms with Gasteiger partial charge in [-0.2, -0.15) is 0 Å². The van der Waals surface area contributed by atoms with Crippen LogP contribution in [0.25, 0.3) is 11.0 Å². The number of primary amides is 1. The summed E-state index contributed by atoms with van der Waals surface area (Å²) in [5, 5.41) is 0. The molecule has 2 rings (SSSR count). The number of hydrogen-bond donors (Lipinski definition) is 2. The van der Waals surface area contributed by atoms with Crippen LogP contribution in [0.1, 0.15) is 12.8 Å². The highest BCUT2D eigenvalue weighted by Gasteiger charge is 2.06. The van der Waals surface area contributed by atoms with Crippen LogP contribution >= 0.6 is 12.2 Å². The molecule has 2 aromatic rings. The van der Waals surface area contributed by atoms with Gasteiger partial charge in [0, 0.05) is 19.0 Å². The van der Waals surface area contributed by atoms with Gasteiger partial charge in [-0.15, -0.1) is 0 Å². The van der Waals surface area contributed by atoms with Crippen LogP contribution in [-0.2, 0) is 11.3 Å². The maximum atomic E-state index is 10.7. The fourth-order valence-corrected chi connectivity index (χ4v) is 2.19. The molecule has 1 aromatic carbocycles. The summed E-state index contributed by atoms with van der Waals surface area (Å²) in [6, 6.07) is 5.72. The zero-order chi connectivity index (χ0) is 13.1. The first-order chi connectivity index (χ1) is 8.61. The number of imidazole rings is 1. The molecule has 0 atom stereocenters. The van der Waals surface area contributed by atoms with Crippen molar-refractivity contribution < 1.29 is 9.53 Å². The number of amides is 1. The summed E-state index contributed by atoms with van der Waals surface area (Å²) in [5.74, 6) is 0.485. The Morgan fingerprint density at radius 2 is 2.33 bits per heavy atom. The van der Waals surface area contributed by atoms with Crippen molar-refractivity contribution >= 4 is 29.2 Å². The number of nitrogens with two attached hydrogens (primary N) is 1. The standard InChI is InChI=1S/C12H15N3O2S/c1-17-8-4-5-9-10(7-8)15(12(18)14-9)6-2-3-11(13)16/h4-5,7H,2-3,6H2,1H3,(H2,13,16)(H,14,18). The van der Waals surface area contributed by atoms with Gasteiger partial charge in [0.2, 0.25) is 5.91 Å². The molecule has 1 aromatic heterocycles. The Hall–Kier alpha value is -1.82. The number of hydrogen-bond acceptors (Lipinski definition) is 3. The molecule has 0 aliphatic heterocycles. The van der Waals surface area contributed by atoms with Gasteiger partial charge in [-0.1, -0.05) is 0 Å². The number of carbonyl (C=O) groups excluding carboxylic acids is 1. The molecule has 1 amide bonds. The van der Waals surface area contributed by atoms with Crippen LogP contribution < -0.4 is 10.5 Å². The Kier molecular flexibility index (Phi) is 3.66. The van der Waals surface area contributed by atoms with E-state index in [-0.39, 0.29) is 5.91 Å². The lowest BCUT2D eigenvalue weighted by atomic mass is 10.2. The number of carbonyl (C=O) groups is 1. The topological polar surface area (TPSA) is 73.0 Å². The van der Waals surface area contributed by atoms with Gasteiger partial charge in [0.05, 0.1) is 18.1 Å². The molecule has 0 spiro atoms. The zero-order valence-electron chi connectivity index (χ0n) is 10.1. The van der Waals surface area contributed by atoms with Crippen molar-refractivity contribution in [2.75, 3.05) is 7.11 Å². The summed E-state index contributed by atoms with van der Waals surface area (Å²) in [7, 11) is 1.62. The molecule has 6 heteroatoms. The fraction of sp³-hybridized carbons (Fsp3) is 0.333. The lowest BCUT2D eigenvalue weighted by molar-refractivity contribution is -0.118. The summed E-state index contributed by atoms with van der Waals surface area (Å²) < 4.78 is 7.79.